The van der Waals surface area contributed by atoms with Gasteiger partial charge in [-0.05, 0) is 34.1 Å². The summed E-state index contributed by atoms with van der Waals surface area (Å²) in [5.74, 6) is 0.0894. The summed E-state index contributed by atoms with van der Waals surface area (Å²) >= 11 is 0. The van der Waals surface area contributed by atoms with Gasteiger partial charge in [0.2, 0.25) is 0 Å². The molecular weight excluding hydrogens is 320 g/mol. The number of quaternary nitrogens is 2. The van der Waals surface area contributed by atoms with Crippen molar-refractivity contribution in [2.75, 3.05) is 46.8 Å². The van der Waals surface area contributed by atoms with Crippen LogP contribution in [0.4, 0.5) is 0 Å². The molecule has 0 aromatic heterocycles. The summed E-state index contributed by atoms with van der Waals surface area (Å²) in [5.41, 5.74) is 0. The first kappa shape index (κ1) is 22.1. The lowest BCUT2D eigenvalue weighted by molar-refractivity contribution is -1.17. The molecule has 0 N–H and O–H groups in total. The molecule has 0 bridgehead atoms. The molecule has 2 fully saturated rings. The van der Waals surface area contributed by atoms with Gasteiger partial charge in [0.1, 0.15) is 12.6 Å². The number of rotatable bonds is 8. The van der Waals surface area contributed by atoms with Crippen molar-refractivity contribution in [3.05, 3.63) is 0 Å². The molecule has 0 aliphatic carbocycles. The summed E-state index contributed by atoms with van der Waals surface area (Å²) in [6.07, 6.45) is 5.25. The minimum atomic E-state index is 0.0894. The van der Waals surface area contributed by atoms with E-state index >= 15 is 0 Å². The molecule has 4 heteroatoms. The van der Waals surface area contributed by atoms with Gasteiger partial charge in [-0.25, -0.2) is 8.97 Å². The first-order chi connectivity index (χ1) is 12.2. The third-order valence-electron chi connectivity index (χ3n) is 7.96. The van der Waals surface area contributed by atoms with Crippen molar-refractivity contribution in [2.45, 2.75) is 98.2 Å². The quantitative estimate of drug-likeness (QED) is 0.599. The topological polar surface area (TPSA) is 6.48 Å². The van der Waals surface area contributed by atoms with Gasteiger partial charge in [-0.2, -0.15) is 9.80 Å². The van der Waals surface area contributed by atoms with Crippen LogP contribution >= 0.6 is 0 Å². The maximum Gasteiger partial charge on any atom is 0.357 e. The summed E-state index contributed by atoms with van der Waals surface area (Å²) in [7, 11) is 5.15. The molecule has 0 aromatic rings. The third kappa shape index (κ3) is 2.78. The van der Waals surface area contributed by atoms with Crippen LogP contribution in [0.3, 0.4) is 0 Å². The molecule has 0 saturated carbocycles. The van der Waals surface area contributed by atoms with Crippen molar-refractivity contribution < 1.29 is 8.97 Å². The first-order valence-corrected chi connectivity index (χ1v) is 11.5. The van der Waals surface area contributed by atoms with Crippen molar-refractivity contribution in [3.8, 4) is 0 Å². The standard InChI is InChI=1S/C22H48N4/c1-10-15-20-18-25(8,13-4)22(24(20)19(6)7)23(12-3)17-21(16-11-2)26(22,9)14-5/h19-21H,10-18H2,1-9H3/q+2/t20?,21?,22?,25-,26-/m1/s1. The minimum Gasteiger partial charge on any atom is -0.244 e. The van der Waals surface area contributed by atoms with Gasteiger partial charge in [0.05, 0.1) is 39.8 Å². The first-order valence-electron chi connectivity index (χ1n) is 11.5. The van der Waals surface area contributed by atoms with Crippen LogP contribution < -0.4 is 0 Å². The Labute approximate surface area is 164 Å². The van der Waals surface area contributed by atoms with E-state index < -0.39 is 0 Å². The number of nitrogens with zero attached hydrogens (tertiary/aromatic N) is 4. The van der Waals surface area contributed by atoms with Crippen LogP contribution in [0.2, 0.25) is 0 Å². The highest BCUT2D eigenvalue weighted by Crippen LogP contribution is 2.52. The second-order valence-corrected chi connectivity index (χ2v) is 9.50. The highest BCUT2D eigenvalue weighted by Gasteiger charge is 2.78. The molecular formula is C22H48N4+2. The number of hydrogen-bond donors (Lipinski definition) is 0. The van der Waals surface area contributed by atoms with Crippen molar-refractivity contribution in [3.63, 3.8) is 0 Å². The van der Waals surface area contributed by atoms with Crippen molar-refractivity contribution in [1.82, 2.24) is 9.80 Å². The van der Waals surface area contributed by atoms with Gasteiger partial charge in [0.25, 0.3) is 0 Å². The second-order valence-electron chi connectivity index (χ2n) is 9.50. The Bertz CT molecular complexity index is 467. The average Bonchev–Trinajstić information content (AvgIpc) is 3.02. The smallest absolute Gasteiger partial charge is 0.244 e. The van der Waals surface area contributed by atoms with E-state index in [1.807, 2.05) is 0 Å². The predicted molar refractivity (Wildman–Crippen MR) is 113 cm³/mol. The van der Waals surface area contributed by atoms with Gasteiger partial charge >= 0.3 is 5.91 Å². The summed E-state index contributed by atoms with van der Waals surface area (Å²) in [4.78, 5) is 5.86. The summed E-state index contributed by atoms with van der Waals surface area (Å²) in [6, 6.07) is 2.02. The zero-order chi connectivity index (χ0) is 19.8. The van der Waals surface area contributed by atoms with Crippen LogP contribution in [0.25, 0.3) is 0 Å². The minimum absolute atomic E-state index is 0.0894. The van der Waals surface area contributed by atoms with Crippen molar-refractivity contribution >= 4 is 0 Å². The molecule has 5 atom stereocenters. The fraction of sp³-hybridized carbons (Fsp3) is 1.00. The van der Waals surface area contributed by atoms with E-state index in [0.717, 1.165) is 12.6 Å². The molecule has 2 aliphatic heterocycles. The van der Waals surface area contributed by atoms with E-state index in [1.165, 1.54) is 60.8 Å². The highest BCUT2D eigenvalue weighted by molar-refractivity contribution is 4.95. The monoisotopic (exact) mass is 368 g/mol. The molecule has 3 unspecified atom stereocenters. The van der Waals surface area contributed by atoms with Gasteiger partial charge in [0, 0.05) is 19.0 Å². The maximum atomic E-state index is 2.97. The van der Waals surface area contributed by atoms with Gasteiger partial charge in [-0.15, -0.1) is 0 Å². The van der Waals surface area contributed by atoms with Gasteiger partial charge in [-0.1, -0.05) is 33.6 Å². The maximum absolute atomic E-state index is 2.97. The zero-order valence-corrected chi connectivity index (χ0v) is 19.4. The van der Waals surface area contributed by atoms with Crippen LogP contribution in [0, 0.1) is 0 Å². The third-order valence-corrected chi connectivity index (χ3v) is 7.96. The molecule has 26 heavy (non-hydrogen) atoms. The van der Waals surface area contributed by atoms with E-state index in [4.69, 9.17) is 0 Å². The predicted octanol–water partition coefficient (Wildman–Crippen LogP) is 3.93. The van der Waals surface area contributed by atoms with E-state index in [0.29, 0.717) is 12.1 Å². The molecule has 2 saturated heterocycles. The van der Waals surface area contributed by atoms with E-state index in [2.05, 4.69) is 72.4 Å². The molecule has 2 aliphatic rings. The van der Waals surface area contributed by atoms with Crippen LogP contribution in [0.15, 0.2) is 0 Å². The fourth-order valence-electron chi connectivity index (χ4n) is 6.84. The second kappa shape index (κ2) is 8.06. The number of likely N-dealkylation sites (N-methyl/N-ethyl adjacent to an activating group) is 3. The van der Waals surface area contributed by atoms with Crippen molar-refractivity contribution in [2.24, 2.45) is 0 Å². The Balaban J connectivity index is 2.73. The van der Waals surface area contributed by atoms with Gasteiger partial charge in [-0.3, -0.25) is 0 Å². The van der Waals surface area contributed by atoms with Crippen LogP contribution in [0.1, 0.15) is 74.1 Å². The van der Waals surface area contributed by atoms with Crippen LogP contribution in [-0.4, -0.2) is 89.6 Å². The van der Waals surface area contributed by atoms with Crippen LogP contribution in [-0.2, 0) is 0 Å². The molecule has 0 amide bonds. The van der Waals surface area contributed by atoms with Crippen LogP contribution in [0.5, 0.6) is 0 Å². The van der Waals surface area contributed by atoms with E-state index in [-0.39, 0.29) is 5.91 Å². The Morgan fingerprint density at radius 1 is 0.962 bits per heavy atom. The lowest BCUT2D eigenvalue weighted by atomic mass is 10.1. The lowest BCUT2D eigenvalue weighted by Crippen LogP contribution is -2.83. The van der Waals surface area contributed by atoms with Gasteiger partial charge in [0.15, 0.2) is 0 Å². The van der Waals surface area contributed by atoms with Gasteiger partial charge < -0.3 is 0 Å². The summed E-state index contributed by atoms with van der Waals surface area (Å²) < 4.78 is 2.37. The Morgan fingerprint density at radius 3 is 2.00 bits per heavy atom. The SMILES string of the molecule is CCCC1C[N@@+](C)(CC)C2(N(CC)CC(CCC)[N@@+]2(C)CC)N1C(C)C. The molecule has 0 radical (unpaired) electrons. The highest BCUT2D eigenvalue weighted by atomic mass is 15.9. The normalized spacial score (nSPS) is 41.8. The molecule has 0 aromatic carbocycles. The Kier molecular flexibility index (Phi) is 6.86. The molecule has 154 valence electrons. The molecule has 2 heterocycles. The molecule has 2 rings (SSSR count). The van der Waals surface area contributed by atoms with E-state index in [1.54, 1.807) is 0 Å². The Hall–Kier alpha value is -0.160. The largest absolute Gasteiger partial charge is 0.357 e. The average molecular weight is 369 g/mol. The van der Waals surface area contributed by atoms with Crippen molar-refractivity contribution in [1.29, 1.82) is 0 Å². The number of hydrogen-bond acceptors (Lipinski definition) is 2. The molecule has 1 spiro atoms. The lowest BCUT2D eigenvalue weighted by Gasteiger charge is -2.57. The molecule has 4 nitrogen and oxygen atoms in total. The van der Waals surface area contributed by atoms with E-state index in [9.17, 15) is 0 Å². The summed E-state index contributed by atoms with van der Waals surface area (Å²) in [5, 5.41) is 0. The fourth-order valence-corrected chi connectivity index (χ4v) is 6.84. The summed E-state index contributed by atoms with van der Waals surface area (Å²) in [6.45, 7) is 23.0. The zero-order valence-electron chi connectivity index (χ0n) is 19.4. The Morgan fingerprint density at radius 2 is 1.58 bits per heavy atom.